The van der Waals surface area contributed by atoms with Crippen LogP contribution >= 0.6 is 0 Å². The van der Waals surface area contributed by atoms with Crippen molar-refractivity contribution in [1.29, 1.82) is 0 Å². The molecule has 266 valence electrons. The van der Waals surface area contributed by atoms with Gasteiger partial charge in [0, 0.05) is 25.3 Å². The molecule has 17 heteroatoms. The van der Waals surface area contributed by atoms with Crippen molar-refractivity contribution < 1.29 is 67.1 Å². The van der Waals surface area contributed by atoms with Crippen LogP contribution in [0, 0.1) is 0 Å². The Morgan fingerprint density at radius 1 is 0.667 bits per heavy atom. The molecular formula is C28H46F10O5Si2. The van der Waals surface area contributed by atoms with E-state index >= 15 is 0 Å². The lowest BCUT2D eigenvalue weighted by atomic mass is 10.1. The molecule has 0 aliphatic carbocycles. The van der Waals surface area contributed by atoms with Crippen LogP contribution in [0.2, 0.25) is 34.3 Å². The van der Waals surface area contributed by atoms with Gasteiger partial charge in [-0.3, -0.25) is 0 Å². The number of carbonyl (C=O) groups is 2. The van der Waals surface area contributed by atoms with Crippen LogP contribution in [0.25, 0.3) is 0 Å². The Labute approximate surface area is 260 Å². The maximum atomic E-state index is 14.1. The first-order valence-electron chi connectivity index (χ1n) is 14.6. The Bertz CT molecular complexity index is 950. The lowest BCUT2D eigenvalue weighted by molar-refractivity contribution is -0.283. The van der Waals surface area contributed by atoms with E-state index < -0.39 is 113 Å². The second-order valence-electron chi connectivity index (χ2n) is 12.5. The molecule has 0 radical (unpaired) electrons. The molecule has 0 heterocycles. The molecule has 45 heavy (non-hydrogen) atoms. The van der Waals surface area contributed by atoms with Gasteiger partial charge in [0.05, 0.1) is 19.3 Å². The van der Waals surface area contributed by atoms with Crippen LogP contribution in [0.4, 0.5) is 43.9 Å². The van der Waals surface area contributed by atoms with Crippen LogP contribution in [-0.4, -0.2) is 72.4 Å². The number of hydrogen-bond acceptors (Lipinski definition) is 5. The molecule has 0 unspecified atom stereocenters. The van der Waals surface area contributed by atoms with Crippen molar-refractivity contribution >= 4 is 28.9 Å². The monoisotopic (exact) mass is 708 g/mol. The Morgan fingerprint density at radius 2 is 1.02 bits per heavy atom. The van der Waals surface area contributed by atoms with E-state index in [4.69, 9.17) is 8.85 Å². The van der Waals surface area contributed by atoms with E-state index in [1.54, 1.807) is 55.4 Å². The number of halogens is 10. The molecule has 0 aromatic heterocycles. The number of alkyl halides is 10. The number of carbonyl (C=O) groups excluding carboxylic acids is 2. The van der Waals surface area contributed by atoms with Crippen molar-refractivity contribution in [3.8, 4) is 0 Å². The van der Waals surface area contributed by atoms with Crippen LogP contribution in [0.3, 0.4) is 0 Å². The molecule has 0 aromatic carbocycles. The summed E-state index contributed by atoms with van der Waals surface area (Å²) in [6.07, 6.45) is -15.9. The highest BCUT2D eigenvalue weighted by molar-refractivity contribution is 6.77. The summed E-state index contributed by atoms with van der Waals surface area (Å²) in [6, 6.07) is -1.38. The zero-order chi connectivity index (χ0) is 35.8. The van der Waals surface area contributed by atoms with Gasteiger partial charge in [0.1, 0.15) is 6.29 Å². The SMILES string of the molecule is COC(=O)/C=C/[C@@H](O[Si](CCC(F)(F)C(F)(F)F)(C(C)C)C(C)C)[C@@H](CC=O)O[Si](CCC(F)(F)C(F)(F)F)(C(C)C)C(C)C. The lowest BCUT2D eigenvalue weighted by Crippen LogP contribution is -2.55. The molecule has 5 nitrogen and oxygen atoms in total. The zero-order valence-electron chi connectivity index (χ0n) is 27.1. The summed E-state index contributed by atoms with van der Waals surface area (Å²) in [5.74, 6) is -11.0. The first-order chi connectivity index (χ1) is 20.2. The Kier molecular flexibility index (Phi) is 16.0. The van der Waals surface area contributed by atoms with Crippen LogP contribution in [-0.2, 0) is 23.2 Å². The molecule has 0 fully saturated rings. The predicted molar refractivity (Wildman–Crippen MR) is 154 cm³/mol. The maximum absolute atomic E-state index is 14.1. The van der Waals surface area contributed by atoms with Crippen molar-refractivity contribution in [2.75, 3.05) is 7.11 Å². The van der Waals surface area contributed by atoms with Crippen LogP contribution < -0.4 is 0 Å². The van der Waals surface area contributed by atoms with Gasteiger partial charge in [0.25, 0.3) is 0 Å². The van der Waals surface area contributed by atoms with Crippen LogP contribution in [0.5, 0.6) is 0 Å². The Hall–Kier alpha value is -1.47. The van der Waals surface area contributed by atoms with Crippen molar-refractivity contribution in [3.63, 3.8) is 0 Å². The number of ether oxygens (including phenoxy) is 1. The topological polar surface area (TPSA) is 61.8 Å². The number of methoxy groups -OCH3 is 1. The van der Waals surface area contributed by atoms with E-state index in [1.807, 2.05) is 0 Å². The molecule has 0 spiro atoms. The van der Waals surface area contributed by atoms with Gasteiger partial charge in [0.2, 0.25) is 0 Å². The molecule has 0 rings (SSSR count). The fourth-order valence-electron chi connectivity index (χ4n) is 5.50. The first kappa shape index (κ1) is 43.5. The molecule has 0 aliphatic heterocycles. The van der Waals surface area contributed by atoms with Gasteiger partial charge in [-0.15, -0.1) is 0 Å². The number of rotatable bonds is 19. The van der Waals surface area contributed by atoms with Crippen molar-refractivity contribution in [3.05, 3.63) is 12.2 Å². The Morgan fingerprint density at radius 3 is 1.31 bits per heavy atom. The second-order valence-corrected chi connectivity index (χ2v) is 22.4. The highest BCUT2D eigenvalue weighted by atomic mass is 28.4. The second kappa shape index (κ2) is 16.6. The fourth-order valence-corrected chi connectivity index (χ4v) is 14.7. The smallest absolute Gasteiger partial charge is 0.453 e. The third-order valence-electron chi connectivity index (χ3n) is 8.44. The van der Waals surface area contributed by atoms with Gasteiger partial charge in [0.15, 0.2) is 16.6 Å². The van der Waals surface area contributed by atoms with Crippen molar-refractivity contribution in [1.82, 2.24) is 0 Å². The zero-order valence-corrected chi connectivity index (χ0v) is 29.1. The molecule has 0 aromatic rings. The van der Waals surface area contributed by atoms with E-state index in [-0.39, 0.29) is 0 Å². The van der Waals surface area contributed by atoms with Gasteiger partial charge in [-0.05, 0) is 40.3 Å². The van der Waals surface area contributed by atoms with E-state index in [2.05, 4.69) is 4.74 Å². The fraction of sp³-hybridized carbons (Fsp3) is 0.857. The standard InChI is InChI=1S/C28H46F10O5Si2/c1-18(2)44(19(3)4,16-13-25(29,30)27(33,34)35)42-22(10-11-24(40)41-9)23(12-15-39)43-45(20(5)6,21(7)8)17-14-26(31,32)28(36,37)38/h10-11,15,18-23H,12-14,16-17H2,1-9H3/b11-10+/t22-,23-/m1/s1. The molecule has 0 saturated heterocycles. The minimum atomic E-state index is -5.83. The quantitative estimate of drug-likeness (QED) is 0.0440. The summed E-state index contributed by atoms with van der Waals surface area (Å²) in [7, 11) is -6.36. The average molecular weight is 709 g/mol. The number of hydrogen-bond donors (Lipinski definition) is 0. The minimum Gasteiger partial charge on any atom is -0.466 e. The number of esters is 1. The summed E-state index contributed by atoms with van der Waals surface area (Å²) >= 11 is 0. The van der Waals surface area contributed by atoms with E-state index in [1.165, 1.54) is 0 Å². The maximum Gasteiger partial charge on any atom is 0.453 e. The third kappa shape index (κ3) is 11.3. The average Bonchev–Trinajstić information content (AvgIpc) is 2.87. The van der Waals surface area contributed by atoms with Gasteiger partial charge < -0.3 is 18.4 Å². The molecular weight excluding hydrogens is 662 g/mol. The summed E-state index contributed by atoms with van der Waals surface area (Å²) in [5, 5.41) is 0. The van der Waals surface area contributed by atoms with Gasteiger partial charge >= 0.3 is 30.2 Å². The van der Waals surface area contributed by atoms with Crippen molar-refractivity contribution in [2.24, 2.45) is 0 Å². The van der Waals surface area contributed by atoms with Crippen LogP contribution in [0.1, 0.15) is 74.7 Å². The largest absolute Gasteiger partial charge is 0.466 e. The van der Waals surface area contributed by atoms with Crippen LogP contribution in [0.15, 0.2) is 12.2 Å². The highest BCUT2D eigenvalue weighted by Crippen LogP contribution is 2.48. The van der Waals surface area contributed by atoms with Gasteiger partial charge in [-0.2, -0.15) is 43.9 Å². The highest BCUT2D eigenvalue weighted by Gasteiger charge is 2.60. The molecule has 0 saturated carbocycles. The van der Waals surface area contributed by atoms with Crippen molar-refractivity contribution in [2.45, 2.75) is 145 Å². The summed E-state index contributed by atoms with van der Waals surface area (Å²) in [5.41, 5.74) is -2.34. The Balaban J connectivity index is 7.13. The van der Waals surface area contributed by atoms with E-state index in [0.29, 0.717) is 6.29 Å². The third-order valence-corrected chi connectivity index (χ3v) is 19.8. The summed E-state index contributed by atoms with van der Waals surface area (Å²) < 4.78 is 152. The first-order valence-corrected chi connectivity index (χ1v) is 19.2. The molecule has 0 bridgehead atoms. The van der Waals surface area contributed by atoms with E-state index in [0.717, 1.165) is 19.3 Å². The normalized spacial score (nSPS) is 15.9. The number of aldehydes is 1. The molecule has 0 aliphatic rings. The van der Waals surface area contributed by atoms with Gasteiger partial charge in [-0.25, -0.2) is 4.79 Å². The lowest BCUT2D eigenvalue weighted by Gasteiger charge is -2.47. The summed E-state index contributed by atoms with van der Waals surface area (Å²) in [4.78, 5) is 23.9. The molecule has 0 amide bonds. The minimum absolute atomic E-state index is 0.378. The predicted octanol–water partition coefficient (Wildman–Crippen LogP) is 9.78. The van der Waals surface area contributed by atoms with Gasteiger partial charge in [-0.1, -0.05) is 55.4 Å². The molecule has 0 N–H and O–H groups in total. The van der Waals surface area contributed by atoms with E-state index in [9.17, 15) is 53.5 Å². The summed E-state index contributed by atoms with van der Waals surface area (Å²) in [6.45, 7) is 12.6. The molecule has 2 atom stereocenters.